The summed E-state index contributed by atoms with van der Waals surface area (Å²) >= 11 is 5.71. The van der Waals surface area contributed by atoms with Crippen LogP contribution in [0.25, 0.3) is 0 Å². The van der Waals surface area contributed by atoms with E-state index >= 15 is 0 Å². The Hall–Kier alpha value is -0.850. The Balaban J connectivity index is 2.78. The van der Waals surface area contributed by atoms with Gasteiger partial charge in [0.15, 0.2) is 0 Å². The number of hydrogen-bond acceptors (Lipinski definition) is 2. The normalized spacial score (nSPS) is 12.2. The van der Waals surface area contributed by atoms with Crippen molar-refractivity contribution in [3.8, 4) is 0 Å². The summed E-state index contributed by atoms with van der Waals surface area (Å²) in [5, 5.41) is 8.52. The number of aliphatic hydroxyl groups excluding tert-OH is 1. The van der Waals surface area contributed by atoms with Gasteiger partial charge in [-0.25, -0.2) is 4.39 Å². The molecule has 1 N–H and O–H groups in total. The molecule has 0 aliphatic heterocycles. The second-order valence-corrected chi connectivity index (χ2v) is 4.49. The van der Waals surface area contributed by atoms with Crippen LogP contribution in [0.2, 0.25) is 5.02 Å². The number of nitrogens with zero attached hydrogens (tertiary/aromatic N) is 1. The van der Waals surface area contributed by atoms with Crippen molar-refractivity contribution in [3.63, 3.8) is 0 Å². The van der Waals surface area contributed by atoms with Gasteiger partial charge in [-0.3, -0.25) is 4.90 Å². The molecule has 0 aromatic heterocycles. The third-order valence-electron chi connectivity index (χ3n) is 2.46. The Morgan fingerprint density at radius 1 is 1.26 bits per heavy atom. The fraction of sp³-hybridized carbons (Fsp3) is 0.500. The molecule has 0 saturated heterocycles. The summed E-state index contributed by atoms with van der Waals surface area (Å²) in [5.41, 5.74) is 0.295. The van der Waals surface area contributed by atoms with Gasteiger partial charge in [-0.1, -0.05) is 23.7 Å². The van der Waals surface area contributed by atoms with Crippen LogP contribution in [0.15, 0.2) is 18.2 Å². The van der Waals surface area contributed by atoms with Crippen molar-refractivity contribution in [2.45, 2.75) is 19.1 Å². The molecule has 0 saturated carbocycles. The Morgan fingerprint density at radius 3 is 2.53 bits per heavy atom. The van der Waals surface area contributed by atoms with Crippen LogP contribution in [0.1, 0.15) is 12.0 Å². The van der Waals surface area contributed by atoms with Crippen LogP contribution in [0.3, 0.4) is 0 Å². The summed E-state index contributed by atoms with van der Waals surface area (Å²) in [6.07, 6.45) is -4.14. The molecular weight excluding hydrogens is 286 g/mol. The highest BCUT2D eigenvalue weighted by Gasteiger charge is 2.30. The van der Waals surface area contributed by atoms with Crippen LogP contribution in [0.4, 0.5) is 17.6 Å². The van der Waals surface area contributed by atoms with Gasteiger partial charge >= 0.3 is 6.18 Å². The summed E-state index contributed by atoms with van der Waals surface area (Å²) in [5.74, 6) is -0.659. The van der Waals surface area contributed by atoms with E-state index in [1.165, 1.54) is 12.1 Å². The highest BCUT2D eigenvalue weighted by atomic mass is 35.5. The fourth-order valence-electron chi connectivity index (χ4n) is 1.67. The zero-order valence-electron chi connectivity index (χ0n) is 10.1. The van der Waals surface area contributed by atoms with Gasteiger partial charge < -0.3 is 5.11 Å². The Kier molecular flexibility index (Phi) is 6.03. The topological polar surface area (TPSA) is 23.5 Å². The predicted octanol–water partition coefficient (Wildman–Crippen LogP) is 3.23. The van der Waals surface area contributed by atoms with Crippen molar-refractivity contribution in [1.29, 1.82) is 0 Å². The molecule has 7 heteroatoms. The van der Waals surface area contributed by atoms with Crippen LogP contribution in [0.5, 0.6) is 0 Å². The van der Waals surface area contributed by atoms with Crippen molar-refractivity contribution in [3.05, 3.63) is 34.6 Å². The Labute approximate surface area is 113 Å². The first-order valence-electron chi connectivity index (χ1n) is 5.66. The molecule has 19 heavy (non-hydrogen) atoms. The highest BCUT2D eigenvalue weighted by molar-refractivity contribution is 6.31. The molecule has 0 unspecified atom stereocenters. The minimum Gasteiger partial charge on any atom is -0.396 e. The maximum atomic E-state index is 13.2. The molecule has 0 bridgehead atoms. The molecule has 1 rings (SSSR count). The maximum absolute atomic E-state index is 13.2. The second-order valence-electron chi connectivity index (χ2n) is 4.12. The zero-order valence-corrected chi connectivity index (χ0v) is 10.8. The van der Waals surface area contributed by atoms with E-state index in [0.717, 1.165) is 11.0 Å². The largest absolute Gasteiger partial charge is 0.401 e. The molecule has 1 aromatic carbocycles. The summed E-state index contributed by atoms with van der Waals surface area (Å²) in [4.78, 5) is 1.08. The van der Waals surface area contributed by atoms with Crippen molar-refractivity contribution >= 4 is 11.6 Å². The zero-order chi connectivity index (χ0) is 14.5. The van der Waals surface area contributed by atoms with E-state index in [4.69, 9.17) is 16.7 Å². The van der Waals surface area contributed by atoms with Gasteiger partial charge in [0.25, 0.3) is 0 Å². The lowest BCUT2D eigenvalue weighted by Crippen LogP contribution is -2.35. The lowest BCUT2D eigenvalue weighted by Gasteiger charge is -2.23. The van der Waals surface area contributed by atoms with Crippen LogP contribution in [0, 0.1) is 5.82 Å². The number of alkyl halides is 3. The molecule has 108 valence electrons. The van der Waals surface area contributed by atoms with Gasteiger partial charge in [0.05, 0.1) is 11.6 Å². The van der Waals surface area contributed by atoms with Gasteiger partial charge in [0.1, 0.15) is 5.82 Å². The number of aliphatic hydroxyl groups is 1. The maximum Gasteiger partial charge on any atom is 0.401 e. The Morgan fingerprint density at radius 2 is 1.95 bits per heavy atom. The van der Waals surface area contributed by atoms with Gasteiger partial charge in [-0.05, 0) is 18.1 Å². The van der Waals surface area contributed by atoms with E-state index in [1.54, 1.807) is 0 Å². The standard InChI is InChI=1S/C12H14ClF4NO/c13-11-9(3-1-4-10(11)14)7-18(5-2-6-19)8-12(15,16)17/h1,3-4,19H,2,5-8H2. The molecular formula is C12H14ClF4NO. The molecule has 0 aliphatic carbocycles. The number of rotatable bonds is 6. The quantitative estimate of drug-likeness (QED) is 0.815. The van der Waals surface area contributed by atoms with Crippen LogP contribution in [-0.2, 0) is 6.54 Å². The monoisotopic (exact) mass is 299 g/mol. The first-order chi connectivity index (χ1) is 8.83. The third-order valence-corrected chi connectivity index (χ3v) is 2.88. The van der Waals surface area contributed by atoms with Gasteiger partial charge in [-0.2, -0.15) is 13.2 Å². The lowest BCUT2D eigenvalue weighted by molar-refractivity contribution is -0.147. The van der Waals surface area contributed by atoms with Crippen molar-refractivity contribution in [1.82, 2.24) is 4.90 Å². The predicted molar refractivity (Wildman–Crippen MR) is 64.4 cm³/mol. The fourth-order valence-corrected chi connectivity index (χ4v) is 1.86. The Bertz CT molecular complexity index is 411. The minimum atomic E-state index is -4.35. The molecule has 1 aromatic rings. The SMILES string of the molecule is OCCCN(Cc1cccc(F)c1Cl)CC(F)(F)F. The van der Waals surface area contributed by atoms with E-state index in [9.17, 15) is 17.6 Å². The minimum absolute atomic E-state index is 0.0584. The van der Waals surface area contributed by atoms with Crippen molar-refractivity contribution in [2.75, 3.05) is 19.7 Å². The molecule has 0 radical (unpaired) electrons. The molecule has 0 heterocycles. The summed E-state index contributed by atoms with van der Waals surface area (Å²) < 4.78 is 50.4. The molecule has 0 spiro atoms. The molecule has 0 atom stereocenters. The van der Waals surface area contributed by atoms with Gasteiger partial charge in [-0.15, -0.1) is 0 Å². The first-order valence-corrected chi connectivity index (χ1v) is 6.04. The van der Waals surface area contributed by atoms with Gasteiger partial charge in [0.2, 0.25) is 0 Å². The van der Waals surface area contributed by atoms with Crippen LogP contribution in [-0.4, -0.2) is 35.9 Å². The summed E-state index contributed by atoms with van der Waals surface area (Å²) in [6.45, 7) is -1.38. The summed E-state index contributed by atoms with van der Waals surface area (Å²) in [6, 6.07) is 4.02. The van der Waals surface area contributed by atoms with E-state index in [2.05, 4.69) is 0 Å². The average Bonchev–Trinajstić information content (AvgIpc) is 2.30. The number of halogens is 5. The van der Waals surface area contributed by atoms with E-state index < -0.39 is 18.5 Å². The third kappa shape index (κ3) is 5.76. The first kappa shape index (κ1) is 16.2. The average molecular weight is 300 g/mol. The van der Waals surface area contributed by atoms with Crippen LogP contribution < -0.4 is 0 Å². The highest BCUT2D eigenvalue weighted by Crippen LogP contribution is 2.23. The van der Waals surface area contributed by atoms with Crippen molar-refractivity contribution < 1.29 is 22.7 Å². The number of hydrogen-bond donors (Lipinski definition) is 1. The van der Waals surface area contributed by atoms with Gasteiger partial charge in [0, 0.05) is 19.7 Å². The van der Waals surface area contributed by atoms with E-state index in [0.29, 0.717) is 5.56 Å². The number of benzene rings is 1. The summed E-state index contributed by atoms with van der Waals surface area (Å²) in [7, 11) is 0. The molecule has 0 amide bonds. The van der Waals surface area contributed by atoms with E-state index in [-0.39, 0.29) is 31.1 Å². The molecule has 2 nitrogen and oxygen atoms in total. The van der Waals surface area contributed by atoms with E-state index in [1.807, 2.05) is 0 Å². The smallest absolute Gasteiger partial charge is 0.396 e. The molecule has 0 aliphatic rings. The van der Waals surface area contributed by atoms with Crippen molar-refractivity contribution in [2.24, 2.45) is 0 Å². The molecule has 0 fully saturated rings. The van der Waals surface area contributed by atoms with Crippen LogP contribution >= 0.6 is 11.6 Å². The lowest BCUT2D eigenvalue weighted by atomic mass is 10.2. The second kappa shape index (κ2) is 7.07.